The summed E-state index contributed by atoms with van der Waals surface area (Å²) in [5.74, 6) is -0.685. The van der Waals surface area contributed by atoms with E-state index in [4.69, 9.17) is 4.74 Å². The summed E-state index contributed by atoms with van der Waals surface area (Å²) in [4.78, 5) is 29.3. The monoisotopic (exact) mass is 437 g/mol. The Kier molecular flexibility index (Phi) is 7.78. The van der Waals surface area contributed by atoms with Gasteiger partial charge in [0, 0.05) is 17.6 Å². The molecular formula is C24H27N3O3S. The number of rotatable bonds is 9. The van der Waals surface area contributed by atoms with Crippen LogP contribution in [0.2, 0.25) is 0 Å². The number of anilines is 2. The van der Waals surface area contributed by atoms with Crippen molar-refractivity contribution in [3.8, 4) is 0 Å². The molecule has 162 valence electrons. The van der Waals surface area contributed by atoms with Crippen LogP contribution in [0.3, 0.4) is 0 Å². The van der Waals surface area contributed by atoms with Gasteiger partial charge in [-0.1, -0.05) is 62.4 Å². The average Bonchev–Trinajstić information content (AvgIpc) is 3.27. The molecule has 1 amide bonds. The first kappa shape index (κ1) is 22.5. The highest BCUT2D eigenvalue weighted by Gasteiger charge is 2.22. The summed E-state index contributed by atoms with van der Waals surface area (Å²) in [7, 11) is 0. The molecule has 0 aliphatic carbocycles. The van der Waals surface area contributed by atoms with Crippen LogP contribution in [0.15, 0.2) is 60.0 Å². The first-order valence-corrected chi connectivity index (χ1v) is 11.2. The zero-order valence-electron chi connectivity index (χ0n) is 17.9. The van der Waals surface area contributed by atoms with Crippen LogP contribution in [-0.4, -0.2) is 23.0 Å². The predicted molar refractivity (Wildman–Crippen MR) is 125 cm³/mol. The van der Waals surface area contributed by atoms with E-state index in [0.717, 1.165) is 23.2 Å². The summed E-state index contributed by atoms with van der Waals surface area (Å²) in [6.45, 7) is 6.38. The van der Waals surface area contributed by atoms with Crippen molar-refractivity contribution in [1.29, 1.82) is 0 Å². The minimum Gasteiger partial charge on any atom is -0.448 e. The number of esters is 1. The van der Waals surface area contributed by atoms with Gasteiger partial charge in [0.2, 0.25) is 0 Å². The molecule has 1 heterocycles. The van der Waals surface area contributed by atoms with Gasteiger partial charge >= 0.3 is 5.97 Å². The molecule has 2 aromatic carbocycles. The van der Waals surface area contributed by atoms with E-state index in [1.807, 2.05) is 54.6 Å². The van der Waals surface area contributed by atoms with Crippen LogP contribution in [-0.2, 0) is 16.1 Å². The zero-order chi connectivity index (χ0) is 22.2. The summed E-state index contributed by atoms with van der Waals surface area (Å²) in [5.41, 5.74) is 3.10. The van der Waals surface area contributed by atoms with E-state index < -0.39 is 12.1 Å². The first-order chi connectivity index (χ1) is 15.0. The number of carbonyl (C=O) groups is 2. The van der Waals surface area contributed by atoms with Crippen molar-refractivity contribution < 1.29 is 14.3 Å². The van der Waals surface area contributed by atoms with Crippen molar-refractivity contribution in [1.82, 2.24) is 4.98 Å². The van der Waals surface area contributed by atoms with Gasteiger partial charge < -0.3 is 15.4 Å². The summed E-state index contributed by atoms with van der Waals surface area (Å²) in [5, 5.41) is 8.31. The highest BCUT2D eigenvalue weighted by Crippen LogP contribution is 2.26. The second-order valence-electron chi connectivity index (χ2n) is 7.31. The molecule has 31 heavy (non-hydrogen) atoms. The Hall–Kier alpha value is -3.19. The summed E-state index contributed by atoms with van der Waals surface area (Å²) in [6.07, 6.45) is 0.0157. The Morgan fingerprint density at radius 2 is 1.77 bits per heavy atom. The molecule has 6 nitrogen and oxygen atoms in total. The van der Waals surface area contributed by atoms with Crippen LogP contribution >= 0.6 is 11.3 Å². The number of thiazole rings is 1. The van der Waals surface area contributed by atoms with Gasteiger partial charge in [0.25, 0.3) is 5.91 Å². The third-order valence-corrected chi connectivity index (χ3v) is 5.81. The summed E-state index contributed by atoms with van der Waals surface area (Å²) < 4.78 is 5.34. The normalized spacial score (nSPS) is 12.6. The molecule has 0 radical (unpaired) electrons. The average molecular weight is 438 g/mol. The fourth-order valence-corrected chi connectivity index (χ4v) is 3.67. The molecule has 3 aromatic rings. The Morgan fingerprint density at radius 3 is 2.52 bits per heavy atom. The van der Waals surface area contributed by atoms with E-state index in [1.54, 1.807) is 12.3 Å². The Bertz CT molecular complexity index is 1020. The molecule has 0 saturated heterocycles. The van der Waals surface area contributed by atoms with Crippen molar-refractivity contribution in [2.45, 2.75) is 45.8 Å². The molecule has 7 heteroatoms. The summed E-state index contributed by atoms with van der Waals surface area (Å²) in [6, 6.07) is 17.6. The number of para-hydroxylation sites is 1. The van der Waals surface area contributed by atoms with E-state index in [0.29, 0.717) is 17.6 Å². The number of hydrogen-bond donors (Lipinski definition) is 2. The van der Waals surface area contributed by atoms with Crippen molar-refractivity contribution in [3.05, 3.63) is 76.8 Å². The SMILES string of the molecule is CC[C@@H](C)c1ccccc1NC(=O)[C@@H](C)OC(=O)c1csc(NCc2ccccc2)n1. The molecule has 0 fully saturated rings. The lowest BCUT2D eigenvalue weighted by Gasteiger charge is -2.18. The topological polar surface area (TPSA) is 80.3 Å². The van der Waals surface area contributed by atoms with Crippen molar-refractivity contribution >= 4 is 34.0 Å². The molecule has 0 saturated carbocycles. The number of benzene rings is 2. The number of amides is 1. The second-order valence-corrected chi connectivity index (χ2v) is 8.17. The molecule has 3 rings (SSSR count). The fourth-order valence-electron chi connectivity index (χ4n) is 2.99. The minimum atomic E-state index is -0.945. The smallest absolute Gasteiger partial charge is 0.358 e. The van der Waals surface area contributed by atoms with Crippen molar-refractivity contribution in [3.63, 3.8) is 0 Å². The van der Waals surface area contributed by atoms with Crippen LogP contribution in [0.25, 0.3) is 0 Å². The van der Waals surface area contributed by atoms with Crippen LogP contribution in [0.1, 0.15) is 54.7 Å². The Morgan fingerprint density at radius 1 is 1.06 bits per heavy atom. The number of ether oxygens (including phenoxy) is 1. The van der Waals surface area contributed by atoms with Crippen LogP contribution < -0.4 is 10.6 Å². The van der Waals surface area contributed by atoms with Gasteiger partial charge in [0.15, 0.2) is 16.9 Å². The highest BCUT2D eigenvalue weighted by molar-refractivity contribution is 7.13. The number of aromatic nitrogens is 1. The fraction of sp³-hybridized carbons (Fsp3) is 0.292. The lowest BCUT2D eigenvalue weighted by molar-refractivity contribution is -0.123. The van der Waals surface area contributed by atoms with Crippen molar-refractivity contribution in [2.24, 2.45) is 0 Å². The van der Waals surface area contributed by atoms with E-state index in [9.17, 15) is 9.59 Å². The predicted octanol–water partition coefficient (Wildman–Crippen LogP) is 5.45. The van der Waals surface area contributed by atoms with Gasteiger partial charge in [-0.2, -0.15) is 0 Å². The number of nitrogens with zero attached hydrogens (tertiary/aromatic N) is 1. The number of hydrogen-bond acceptors (Lipinski definition) is 6. The first-order valence-electron chi connectivity index (χ1n) is 10.3. The molecule has 2 N–H and O–H groups in total. The van der Waals surface area contributed by atoms with Crippen LogP contribution in [0.4, 0.5) is 10.8 Å². The number of carbonyl (C=O) groups excluding carboxylic acids is 2. The second kappa shape index (κ2) is 10.7. The molecule has 2 atom stereocenters. The minimum absolute atomic E-state index is 0.181. The lowest BCUT2D eigenvalue weighted by Crippen LogP contribution is -2.30. The van der Waals surface area contributed by atoms with Crippen LogP contribution in [0.5, 0.6) is 0 Å². The molecule has 1 aromatic heterocycles. The molecule has 0 unspecified atom stereocenters. The lowest BCUT2D eigenvalue weighted by atomic mass is 9.97. The molecular weight excluding hydrogens is 410 g/mol. The Balaban J connectivity index is 1.56. The van der Waals surface area contributed by atoms with E-state index in [-0.39, 0.29) is 11.6 Å². The van der Waals surface area contributed by atoms with Gasteiger partial charge in [-0.15, -0.1) is 11.3 Å². The standard InChI is InChI=1S/C24H27N3O3S/c1-4-16(2)19-12-8-9-13-20(19)26-22(28)17(3)30-23(29)21-15-31-24(27-21)25-14-18-10-6-5-7-11-18/h5-13,15-17H,4,14H2,1-3H3,(H,25,27)(H,26,28)/t16-,17-/m1/s1. The third-order valence-electron chi connectivity index (χ3n) is 5.01. The molecule has 0 bridgehead atoms. The van der Waals surface area contributed by atoms with E-state index in [1.165, 1.54) is 11.3 Å². The largest absolute Gasteiger partial charge is 0.448 e. The zero-order valence-corrected chi connectivity index (χ0v) is 18.7. The molecule has 0 spiro atoms. The molecule has 0 aliphatic heterocycles. The Labute approximate surface area is 186 Å². The highest BCUT2D eigenvalue weighted by atomic mass is 32.1. The number of nitrogens with one attached hydrogen (secondary N) is 2. The van der Waals surface area contributed by atoms with Crippen molar-refractivity contribution in [2.75, 3.05) is 10.6 Å². The third kappa shape index (κ3) is 6.15. The van der Waals surface area contributed by atoms with E-state index >= 15 is 0 Å². The quantitative estimate of drug-likeness (QED) is 0.435. The van der Waals surface area contributed by atoms with Gasteiger partial charge in [0.05, 0.1) is 0 Å². The maximum Gasteiger partial charge on any atom is 0.358 e. The van der Waals surface area contributed by atoms with Gasteiger partial charge in [0.1, 0.15) is 0 Å². The maximum absolute atomic E-state index is 12.6. The summed E-state index contributed by atoms with van der Waals surface area (Å²) >= 11 is 1.32. The molecule has 0 aliphatic rings. The van der Waals surface area contributed by atoms with Crippen LogP contribution in [0, 0.1) is 0 Å². The maximum atomic E-state index is 12.6. The van der Waals surface area contributed by atoms with Gasteiger partial charge in [-0.25, -0.2) is 9.78 Å². The van der Waals surface area contributed by atoms with Gasteiger partial charge in [-0.3, -0.25) is 4.79 Å². The van der Waals surface area contributed by atoms with E-state index in [2.05, 4.69) is 29.5 Å². The van der Waals surface area contributed by atoms with Gasteiger partial charge in [-0.05, 0) is 36.5 Å².